The molecular weight excluding hydrogens is 415 g/mol. The molecule has 0 radical (unpaired) electrons. The molecule has 0 atom stereocenters. The molecule has 13 heteroatoms. The van der Waals surface area contributed by atoms with Crippen LogP contribution in [0.1, 0.15) is 17.8 Å². The van der Waals surface area contributed by atoms with Crippen LogP contribution >= 0.6 is 0 Å². The number of rotatable bonds is 8. The fourth-order valence-corrected chi connectivity index (χ4v) is 3.20. The second kappa shape index (κ2) is 9.05. The minimum Gasteiger partial charge on any atom is -0.406 e. The third kappa shape index (κ3) is 7.54. The number of hydrogen-bond acceptors (Lipinski definition) is 7. The summed E-state index contributed by atoms with van der Waals surface area (Å²) in [6, 6.07) is 5.43. The lowest BCUT2D eigenvalue weighted by Crippen LogP contribution is -2.34. The van der Waals surface area contributed by atoms with Crippen LogP contribution in [0.3, 0.4) is 0 Å². The van der Waals surface area contributed by atoms with Crippen LogP contribution in [-0.2, 0) is 14.8 Å². The topological polar surface area (TPSA) is 122 Å². The van der Waals surface area contributed by atoms with Crippen molar-refractivity contribution in [3.8, 4) is 5.75 Å². The van der Waals surface area contributed by atoms with Gasteiger partial charge >= 0.3 is 6.36 Å². The molecule has 2 aromatic rings. The number of hydrazine groups is 1. The minimum atomic E-state index is -4.87. The lowest BCUT2D eigenvalue weighted by molar-refractivity contribution is -0.274. The highest BCUT2D eigenvalue weighted by Crippen LogP contribution is 2.23. The van der Waals surface area contributed by atoms with Crippen molar-refractivity contribution in [2.45, 2.75) is 31.5 Å². The third-order valence-corrected chi connectivity index (χ3v) is 4.78. The van der Waals surface area contributed by atoms with E-state index >= 15 is 0 Å². The molecular formula is C16H18F3N5O4S. The minimum absolute atomic E-state index is 0.192. The summed E-state index contributed by atoms with van der Waals surface area (Å²) in [6.07, 6.45) is -5.07. The molecule has 0 unspecified atom stereocenters. The zero-order valence-corrected chi connectivity index (χ0v) is 16.2. The first kappa shape index (κ1) is 22.4. The molecule has 0 spiro atoms. The van der Waals surface area contributed by atoms with Crippen LogP contribution < -0.4 is 20.3 Å². The van der Waals surface area contributed by atoms with Crippen molar-refractivity contribution in [3.63, 3.8) is 0 Å². The summed E-state index contributed by atoms with van der Waals surface area (Å²) < 4.78 is 66.5. The van der Waals surface area contributed by atoms with Gasteiger partial charge in [0.15, 0.2) is 0 Å². The normalized spacial score (nSPS) is 11.8. The molecule has 29 heavy (non-hydrogen) atoms. The van der Waals surface area contributed by atoms with E-state index in [0.717, 1.165) is 24.3 Å². The summed E-state index contributed by atoms with van der Waals surface area (Å²) in [4.78, 5) is 19.7. The Morgan fingerprint density at radius 3 is 2.24 bits per heavy atom. The molecule has 1 amide bonds. The number of nitrogens with one attached hydrogen (secondary N) is 3. The molecule has 0 saturated carbocycles. The Morgan fingerprint density at radius 1 is 1.10 bits per heavy atom. The molecule has 0 aliphatic heterocycles. The average molecular weight is 433 g/mol. The van der Waals surface area contributed by atoms with Gasteiger partial charge in [0.05, 0.1) is 4.90 Å². The molecule has 158 valence electrons. The molecule has 0 aliphatic rings. The second-order valence-corrected chi connectivity index (χ2v) is 7.58. The maximum atomic E-state index is 12.1. The van der Waals surface area contributed by atoms with Gasteiger partial charge in [0.25, 0.3) is 0 Å². The van der Waals surface area contributed by atoms with Crippen molar-refractivity contribution < 1.29 is 31.1 Å². The van der Waals surface area contributed by atoms with Gasteiger partial charge in [-0.3, -0.25) is 15.6 Å². The van der Waals surface area contributed by atoms with E-state index < -0.39 is 28.0 Å². The first-order valence-corrected chi connectivity index (χ1v) is 9.65. The van der Waals surface area contributed by atoms with Crippen LogP contribution in [0.4, 0.5) is 19.1 Å². The Morgan fingerprint density at radius 2 is 1.69 bits per heavy atom. The van der Waals surface area contributed by atoms with E-state index in [1.54, 1.807) is 19.9 Å². The largest absolute Gasteiger partial charge is 0.573 e. The predicted molar refractivity (Wildman–Crippen MR) is 96.2 cm³/mol. The van der Waals surface area contributed by atoms with Crippen LogP contribution in [0, 0.1) is 13.8 Å². The Bertz CT molecular complexity index is 945. The maximum Gasteiger partial charge on any atom is 0.573 e. The summed E-state index contributed by atoms with van der Waals surface area (Å²) in [5, 5.41) is 0. The number of halogens is 3. The number of benzene rings is 1. The average Bonchev–Trinajstić information content (AvgIpc) is 2.58. The second-order valence-electron chi connectivity index (χ2n) is 5.81. The highest BCUT2D eigenvalue weighted by atomic mass is 32.2. The number of hydrogen-bond donors (Lipinski definition) is 3. The molecule has 1 aromatic heterocycles. The zero-order chi connectivity index (χ0) is 21.7. The van der Waals surface area contributed by atoms with Crippen LogP contribution in [-0.4, -0.2) is 37.2 Å². The van der Waals surface area contributed by atoms with Gasteiger partial charge in [-0.2, -0.15) is 0 Å². The molecule has 3 N–H and O–H groups in total. The van der Waals surface area contributed by atoms with Crippen LogP contribution in [0.25, 0.3) is 0 Å². The molecule has 1 aromatic carbocycles. The summed E-state index contributed by atoms with van der Waals surface area (Å²) in [7, 11) is -4.01. The van der Waals surface area contributed by atoms with Crippen molar-refractivity contribution in [1.82, 2.24) is 20.1 Å². The molecule has 0 fully saturated rings. The van der Waals surface area contributed by atoms with Gasteiger partial charge < -0.3 is 4.74 Å². The smallest absolute Gasteiger partial charge is 0.406 e. The number of ether oxygens (including phenoxy) is 1. The van der Waals surface area contributed by atoms with E-state index in [-0.39, 0.29) is 23.8 Å². The Kier molecular flexibility index (Phi) is 6.97. The lowest BCUT2D eigenvalue weighted by Gasteiger charge is -2.11. The Labute approximate surface area is 164 Å². The van der Waals surface area contributed by atoms with Crippen molar-refractivity contribution >= 4 is 21.9 Å². The van der Waals surface area contributed by atoms with Gasteiger partial charge in [-0.1, -0.05) is 0 Å². The van der Waals surface area contributed by atoms with Gasteiger partial charge in [-0.15, -0.1) is 13.2 Å². The number of aromatic nitrogens is 2. The Hall–Kier alpha value is -2.93. The number of anilines is 1. The summed E-state index contributed by atoms with van der Waals surface area (Å²) in [5.41, 5.74) is 6.27. The van der Waals surface area contributed by atoms with E-state index in [4.69, 9.17) is 0 Å². The molecule has 0 aliphatic carbocycles. The van der Waals surface area contributed by atoms with Crippen molar-refractivity contribution in [1.29, 1.82) is 0 Å². The molecule has 0 bridgehead atoms. The van der Waals surface area contributed by atoms with E-state index in [9.17, 15) is 26.4 Å². The highest BCUT2D eigenvalue weighted by molar-refractivity contribution is 7.89. The maximum absolute atomic E-state index is 12.1. The number of sulfonamides is 1. The number of alkyl halides is 3. The van der Waals surface area contributed by atoms with Crippen LogP contribution in [0.15, 0.2) is 35.2 Å². The quantitative estimate of drug-likeness (QED) is 0.543. The van der Waals surface area contributed by atoms with Crippen LogP contribution in [0.2, 0.25) is 0 Å². The SMILES string of the molecule is Cc1cc(C)nc(NNC(=O)CCNS(=O)(=O)c2ccc(OC(F)(F)F)cc2)n1. The first-order chi connectivity index (χ1) is 13.4. The van der Waals surface area contributed by atoms with Gasteiger partial charge in [-0.25, -0.2) is 23.1 Å². The number of amides is 1. The standard InChI is InChI=1S/C16H18F3N5O4S/c1-10-9-11(2)22-15(21-10)24-23-14(25)7-8-20-29(26,27)13-5-3-12(4-6-13)28-16(17,18)19/h3-6,9,20H,7-8H2,1-2H3,(H,23,25)(H,21,22,24). The monoisotopic (exact) mass is 433 g/mol. The van der Waals surface area contributed by atoms with Gasteiger partial charge in [0.1, 0.15) is 5.75 Å². The molecule has 2 rings (SSSR count). The van der Waals surface area contributed by atoms with Crippen molar-refractivity contribution in [2.75, 3.05) is 12.0 Å². The van der Waals surface area contributed by atoms with Gasteiger partial charge in [-0.05, 0) is 44.2 Å². The van der Waals surface area contributed by atoms with Gasteiger partial charge in [0, 0.05) is 24.4 Å². The number of carbonyl (C=O) groups is 1. The first-order valence-electron chi connectivity index (χ1n) is 8.17. The third-order valence-electron chi connectivity index (χ3n) is 3.31. The summed E-state index contributed by atoms with van der Waals surface area (Å²) in [6.45, 7) is 3.29. The fraction of sp³-hybridized carbons (Fsp3) is 0.312. The predicted octanol–water partition coefficient (Wildman–Crippen LogP) is 1.80. The fourth-order valence-electron chi connectivity index (χ4n) is 2.17. The van der Waals surface area contributed by atoms with E-state index in [2.05, 4.69) is 30.3 Å². The van der Waals surface area contributed by atoms with E-state index in [0.29, 0.717) is 11.4 Å². The molecule has 1 heterocycles. The van der Waals surface area contributed by atoms with Crippen LogP contribution in [0.5, 0.6) is 5.75 Å². The number of nitrogens with zero attached hydrogens (tertiary/aromatic N) is 2. The molecule has 9 nitrogen and oxygen atoms in total. The van der Waals surface area contributed by atoms with Crippen molar-refractivity contribution in [3.05, 3.63) is 41.7 Å². The lowest BCUT2D eigenvalue weighted by atomic mass is 10.3. The van der Waals surface area contributed by atoms with E-state index in [1.165, 1.54) is 0 Å². The van der Waals surface area contributed by atoms with E-state index in [1.807, 2.05) is 0 Å². The summed E-state index contributed by atoms with van der Waals surface area (Å²) in [5.74, 6) is -0.877. The molecule has 0 saturated heterocycles. The Balaban J connectivity index is 1.83. The number of aryl methyl sites for hydroxylation is 2. The number of carbonyl (C=O) groups excluding carboxylic acids is 1. The zero-order valence-electron chi connectivity index (χ0n) is 15.4. The van der Waals surface area contributed by atoms with Gasteiger partial charge in [0.2, 0.25) is 21.9 Å². The van der Waals surface area contributed by atoms with Crippen molar-refractivity contribution in [2.24, 2.45) is 0 Å². The summed E-state index contributed by atoms with van der Waals surface area (Å²) >= 11 is 0. The highest BCUT2D eigenvalue weighted by Gasteiger charge is 2.31.